The van der Waals surface area contributed by atoms with Crippen LogP contribution in [0.15, 0.2) is 47.8 Å². The van der Waals surface area contributed by atoms with Gasteiger partial charge in [0.1, 0.15) is 0 Å². The number of benzene rings is 1. The summed E-state index contributed by atoms with van der Waals surface area (Å²) in [7, 11) is 2.14. The first-order chi connectivity index (χ1) is 19.8. The molecule has 41 heavy (non-hydrogen) atoms. The molecule has 0 spiro atoms. The minimum atomic E-state index is -0.326. The van der Waals surface area contributed by atoms with Gasteiger partial charge in [0, 0.05) is 62.3 Å². The molecule has 1 aromatic heterocycles. The highest BCUT2D eigenvalue weighted by Crippen LogP contribution is 2.33. The molecule has 2 fully saturated rings. The summed E-state index contributed by atoms with van der Waals surface area (Å²) >= 11 is 0. The number of allylic oxidation sites excluding steroid dienone is 3. The zero-order chi connectivity index (χ0) is 28.9. The van der Waals surface area contributed by atoms with E-state index >= 15 is 0 Å². The SMILES string of the molecule is CC1=CC(=O)C(CNC(=O)c2cc(-c3cnn(CCN4CCOCC4)c3)cc(N(C)C3CCNCC3)c2C)C(C)=C1. The molecule has 1 unspecified atom stereocenters. The average Bonchev–Trinajstić information content (AvgIpc) is 3.45. The number of carbonyl (C=O) groups is 2. The summed E-state index contributed by atoms with van der Waals surface area (Å²) in [4.78, 5) is 31.1. The van der Waals surface area contributed by atoms with Crippen molar-refractivity contribution in [2.24, 2.45) is 5.92 Å². The van der Waals surface area contributed by atoms with E-state index in [1.165, 1.54) is 0 Å². The van der Waals surface area contributed by atoms with Crippen LogP contribution in [0.5, 0.6) is 0 Å². The average molecular weight is 561 g/mol. The molecule has 2 aliphatic heterocycles. The highest BCUT2D eigenvalue weighted by molar-refractivity contribution is 6.00. The molecule has 0 radical (unpaired) electrons. The Bertz CT molecular complexity index is 1320. The largest absolute Gasteiger partial charge is 0.379 e. The zero-order valence-corrected chi connectivity index (χ0v) is 24.9. The Labute approximate surface area is 243 Å². The number of piperidine rings is 1. The van der Waals surface area contributed by atoms with Gasteiger partial charge in [-0.25, -0.2) is 0 Å². The Kier molecular flexibility index (Phi) is 9.37. The van der Waals surface area contributed by atoms with Crippen molar-refractivity contribution in [3.8, 4) is 11.1 Å². The molecule has 9 heteroatoms. The first-order valence-corrected chi connectivity index (χ1v) is 14.9. The van der Waals surface area contributed by atoms with Gasteiger partial charge in [-0.15, -0.1) is 0 Å². The number of morpholine rings is 1. The summed E-state index contributed by atoms with van der Waals surface area (Å²) in [5.74, 6) is -0.437. The number of ketones is 1. The Morgan fingerprint density at radius 3 is 2.59 bits per heavy atom. The first-order valence-electron chi connectivity index (χ1n) is 14.9. The summed E-state index contributed by atoms with van der Waals surface area (Å²) < 4.78 is 7.45. The Balaban J connectivity index is 1.39. The maximum absolute atomic E-state index is 13.7. The van der Waals surface area contributed by atoms with Gasteiger partial charge in [-0.1, -0.05) is 11.6 Å². The molecule has 1 aliphatic carbocycles. The van der Waals surface area contributed by atoms with Crippen LogP contribution in [0.2, 0.25) is 0 Å². The summed E-state index contributed by atoms with van der Waals surface area (Å²) in [6.45, 7) is 13.4. The van der Waals surface area contributed by atoms with E-state index in [4.69, 9.17) is 4.74 Å². The van der Waals surface area contributed by atoms with Crippen LogP contribution in [0.3, 0.4) is 0 Å². The number of hydrogen-bond donors (Lipinski definition) is 2. The predicted octanol–water partition coefficient (Wildman–Crippen LogP) is 3.20. The van der Waals surface area contributed by atoms with Gasteiger partial charge in [-0.05, 0) is 81.6 Å². The maximum atomic E-state index is 13.7. The molecule has 220 valence electrons. The lowest BCUT2D eigenvalue weighted by atomic mass is 9.88. The number of aromatic nitrogens is 2. The van der Waals surface area contributed by atoms with Gasteiger partial charge >= 0.3 is 0 Å². The number of hydrogen-bond acceptors (Lipinski definition) is 7. The van der Waals surface area contributed by atoms with Crippen molar-refractivity contribution in [1.29, 1.82) is 0 Å². The Morgan fingerprint density at radius 2 is 1.85 bits per heavy atom. The third-order valence-electron chi connectivity index (χ3n) is 8.76. The molecule has 3 aliphatic rings. The molecule has 0 bridgehead atoms. The van der Waals surface area contributed by atoms with Crippen molar-refractivity contribution in [3.05, 3.63) is 59.0 Å². The van der Waals surface area contributed by atoms with Gasteiger partial charge in [-0.2, -0.15) is 5.10 Å². The minimum Gasteiger partial charge on any atom is -0.379 e. The summed E-state index contributed by atoms with van der Waals surface area (Å²) in [6.07, 6.45) is 9.77. The fourth-order valence-corrected chi connectivity index (χ4v) is 6.16. The van der Waals surface area contributed by atoms with E-state index in [2.05, 4.69) is 44.8 Å². The molecule has 0 saturated carbocycles. The van der Waals surface area contributed by atoms with Gasteiger partial charge in [0.25, 0.3) is 5.91 Å². The third-order valence-corrected chi connectivity index (χ3v) is 8.76. The quantitative estimate of drug-likeness (QED) is 0.487. The number of anilines is 1. The molecular weight excluding hydrogens is 516 g/mol. The van der Waals surface area contributed by atoms with Crippen molar-refractivity contribution < 1.29 is 14.3 Å². The number of rotatable bonds is 9. The van der Waals surface area contributed by atoms with Gasteiger partial charge in [0.15, 0.2) is 5.78 Å². The van der Waals surface area contributed by atoms with Crippen LogP contribution in [0.4, 0.5) is 5.69 Å². The van der Waals surface area contributed by atoms with Crippen molar-refractivity contribution in [2.45, 2.75) is 46.2 Å². The highest BCUT2D eigenvalue weighted by Gasteiger charge is 2.26. The van der Waals surface area contributed by atoms with Crippen LogP contribution >= 0.6 is 0 Å². The van der Waals surface area contributed by atoms with Crippen LogP contribution in [0, 0.1) is 12.8 Å². The van der Waals surface area contributed by atoms with Gasteiger partial charge in [0.05, 0.1) is 31.9 Å². The van der Waals surface area contributed by atoms with E-state index in [1.54, 1.807) is 6.08 Å². The van der Waals surface area contributed by atoms with Crippen LogP contribution in [-0.2, 0) is 16.1 Å². The molecule has 2 N–H and O–H groups in total. The van der Waals surface area contributed by atoms with E-state index < -0.39 is 0 Å². The molecule has 5 rings (SSSR count). The topological polar surface area (TPSA) is 91.7 Å². The summed E-state index contributed by atoms with van der Waals surface area (Å²) in [5, 5.41) is 11.2. The fraction of sp³-hybridized carbons (Fsp3) is 0.531. The number of amides is 1. The van der Waals surface area contributed by atoms with Gasteiger partial charge in [-0.3, -0.25) is 19.2 Å². The number of nitrogens with one attached hydrogen (secondary N) is 2. The van der Waals surface area contributed by atoms with E-state index in [0.717, 1.165) is 98.8 Å². The molecule has 1 atom stereocenters. The van der Waals surface area contributed by atoms with Crippen LogP contribution in [0.1, 0.15) is 42.6 Å². The molecule has 3 heterocycles. The van der Waals surface area contributed by atoms with Crippen LogP contribution in [0.25, 0.3) is 11.1 Å². The van der Waals surface area contributed by atoms with E-state index in [-0.39, 0.29) is 24.2 Å². The number of nitrogens with zero attached hydrogens (tertiary/aromatic N) is 4. The Morgan fingerprint density at radius 1 is 1.10 bits per heavy atom. The normalized spacial score (nSPS) is 20.5. The second-order valence-electron chi connectivity index (χ2n) is 11.6. The van der Waals surface area contributed by atoms with E-state index in [9.17, 15) is 9.59 Å². The summed E-state index contributed by atoms with van der Waals surface area (Å²) in [6, 6.07) is 4.58. The Hall–Kier alpha value is -3.27. The molecule has 9 nitrogen and oxygen atoms in total. The fourth-order valence-electron chi connectivity index (χ4n) is 6.16. The minimum absolute atomic E-state index is 0.0455. The molecule has 2 aromatic rings. The molecule has 2 saturated heterocycles. The van der Waals surface area contributed by atoms with Crippen LogP contribution in [-0.4, -0.2) is 91.9 Å². The van der Waals surface area contributed by atoms with Crippen molar-refractivity contribution in [2.75, 3.05) is 64.4 Å². The second-order valence-corrected chi connectivity index (χ2v) is 11.6. The van der Waals surface area contributed by atoms with E-state index in [1.807, 2.05) is 43.8 Å². The second kappa shape index (κ2) is 13.1. The van der Waals surface area contributed by atoms with Gasteiger partial charge in [0.2, 0.25) is 0 Å². The number of ether oxygens (including phenoxy) is 1. The third kappa shape index (κ3) is 6.97. The monoisotopic (exact) mass is 560 g/mol. The number of carbonyl (C=O) groups excluding carboxylic acids is 2. The van der Waals surface area contributed by atoms with Crippen molar-refractivity contribution >= 4 is 17.4 Å². The van der Waals surface area contributed by atoms with Crippen LogP contribution < -0.4 is 15.5 Å². The smallest absolute Gasteiger partial charge is 0.251 e. The van der Waals surface area contributed by atoms with Gasteiger partial charge < -0.3 is 20.3 Å². The highest BCUT2D eigenvalue weighted by atomic mass is 16.5. The summed E-state index contributed by atoms with van der Waals surface area (Å²) in [5.41, 5.74) is 6.54. The first kappa shape index (κ1) is 29.2. The molecule has 1 aromatic carbocycles. The predicted molar refractivity (Wildman–Crippen MR) is 162 cm³/mol. The zero-order valence-electron chi connectivity index (χ0n) is 24.9. The standard InChI is InChI=1S/C32H44N6O3/c1-22-15-23(2)29(31(39)16-22)20-34-32(40)28-17-25(18-30(24(28)3)36(4)27-5-7-33-8-6-27)26-19-35-38(21-26)10-9-37-11-13-41-14-12-37/h15-19,21,27,29,33H,5-14,20H2,1-4H3,(H,34,40). The molecular formula is C32H44N6O3. The molecule has 1 amide bonds. The lowest BCUT2D eigenvalue weighted by molar-refractivity contribution is -0.117. The van der Waals surface area contributed by atoms with Crippen molar-refractivity contribution in [1.82, 2.24) is 25.3 Å². The maximum Gasteiger partial charge on any atom is 0.251 e. The van der Waals surface area contributed by atoms with E-state index in [0.29, 0.717) is 11.6 Å². The lowest BCUT2D eigenvalue weighted by Gasteiger charge is -2.35. The lowest BCUT2D eigenvalue weighted by Crippen LogP contribution is -2.41. The van der Waals surface area contributed by atoms with Crippen molar-refractivity contribution in [3.63, 3.8) is 0 Å².